The maximum absolute atomic E-state index is 9.70. The molecule has 0 aromatic rings. The topological polar surface area (TPSA) is 29.5 Å². The molecule has 13 heavy (non-hydrogen) atoms. The molecule has 2 aliphatic carbocycles. The van der Waals surface area contributed by atoms with Crippen LogP contribution in [0.25, 0.3) is 0 Å². The first-order valence-corrected chi connectivity index (χ1v) is 5.37. The Kier molecular flexibility index (Phi) is 2.37. The van der Waals surface area contributed by atoms with Gasteiger partial charge in [-0.15, -0.1) is 0 Å². The van der Waals surface area contributed by atoms with Gasteiger partial charge >= 0.3 is 0 Å². The van der Waals surface area contributed by atoms with Gasteiger partial charge in [0.1, 0.15) is 0 Å². The van der Waals surface area contributed by atoms with Crippen LogP contribution in [0.1, 0.15) is 26.7 Å². The van der Waals surface area contributed by atoms with Crippen molar-refractivity contribution in [1.82, 2.24) is 0 Å². The normalized spacial score (nSPS) is 51.2. The summed E-state index contributed by atoms with van der Waals surface area (Å²) in [4.78, 5) is 0. The lowest BCUT2D eigenvalue weighted by Crippen LogP contribution is -2.29. The summed E-state index contributed by atoms with van der Waals surface area (Å²) >= 11 is 0. The zero-order valence-electron chi connectivity index (χ0n) is 8.73. The van der Waals surface area contributed by atoms with E-state index in [1.807, 2.05) is 6.92 Å². The number of hydrogen-bond acceptors (Lipinski definition) is 2. The lowest BCUT2D eigenvalue weighted by molar-refractivity contribution is 0.0485. The predicted octanol–water partition coefficient (Wildman–Crippen LogP) is 1.67. The van der Waals surface area contributed by atoms with E-state index in [0.717, 1.165) is 5.92 Å². The highest BCUT2D eigenvalue weighted by Crippen LogP contribution is 2.57. The first kappa shape index (κ1) is 9.47. The zero-order chi connectivity index (χ0) is 9.59. The van der Waals surface area contributed by atoms with Crippen molar-refractivity contribution in [3.05, 3.63) is 0 Å². The third kappa shape index (κ3) is 1.40. The first-order valence-electron chi connectivity index (χ1n) is 5.37. The average molecular weight is 184 g/mol. The fourth-order valence-electron chi connectivity index (χ4n) is 3.38. The Balaban J connectivity index is 2.06. The van der Waals surface area contributed by atoms with Gasteiger partial charge in [-0.2, -0.15) is 0 Å². The number of hydrogen-bond donors (Lipinski definition) is 1. The standard InChI is InChI=1S/C11H20O2/c1-6-4-5-8-10(11(8)13-3)9(6)7(2)12/h6-12H,4-5H2,1-3H3/t6-,7+,8-,9+,10?,11+/m1/s1. The molecule has 2 fully saturated rings. The van der Waals surface area contributed by atoms with Gasteiger partial charge in [0, 0.05) is 7.11 Å². The monoisotopic (exact) mass is 184 g/mol. The highest BCUT2D eigenvalue weighted by atomic mass is 16.5. The lowest BCUT2D eigenvalue weighted by atomic mass is 9.77. The van der Waals surface area contributed by atoms with E-state index in [9.17, 15) is 5.11 Å². The summed E-state index contributed by atoms with van der Waals surface area (Å²) < 4.78 is 5.43. The second-order valence-corrected chi connectivity index (χ2v) is 4.81. The van der Waals surface area contributed by atoms with Crippen molar-refractivity contribution in [2.75, 3.05) is 7.11 Å². The van der Waals surface area contributed by atoms with Gasteiger partial charge in [-0.3, -0.25) is 0 Å². The Morgan fingerprint density at radius 1 is 1.38 bits per heavy atom. The van der Waals surface area contributed by atoms with Crippen LogP contribution < -0.4 is 0 Å². The molecule has 0 spiro atoms. The molecule has 1 N–H and O–H groups in total. The lowest BCUT2D eigenvalue weighted by Gasteiger charge is -2.30. The molecule has 6 atom stereocenters. The second kappa shape index (κ2) is 3.25. The van der Waals surface area contributed by atoms with Crippen LogP contribution in [0.15, 0.2) is 0 Å². The van der Waals surface area contributed by atoms with E-state index in [0.29, 0.717) is 23.9 Å². The van der Waals surface area contributed by atoms with Crippen molar-refractivity contribution in [2.45, 2.75) is 38.9 Å². The minimum Gasteiger partial charge on any atom is -0.393 e. The molecule has 76 valence electrons. The molecule has 2 aliphatic rings. The SMILES string of the molecule is CO[C@@H]1C2[C@H]([C@H](C)O)[C@H](C)CC[C@H]21. The second-order valence-electron chi connectivity index (χ2n) is 4.81. The number of aliphatic hydroxyl groups is 1. The summed E-state index contributed by atoms with van der Waals surface area (Å²) in [6.07, 6.45) is 2.84. The Bertz CT molecular complexity index is 187. The molecular formula is C11H20O2. The summed E-state index contributed by atoms with van der Waals surface area (Å²) in [5, 5.41) is 9.70. The minimum absolute atomic E-state index is 0.164. The molecule has 1 unspecified atom stereocenters. The van der Waals surface area contributed by atoms with Gasteiger partial charge in [0.2, 0.25) is 0 Å². The van der Waals surface area contributed by atoms with E-state index in [1.165, 1.54) is 12.8 Å². The van der Waals surface area contributed by atoms with Gasteiger partial charge in [0.25, 0.3) is 0 Å². The molecule has 0 saturated heterocycles. The smallest absolute Gasteiger partial charge is 0.0638 e. The van der Waals surface area contributed by atoms with E-state index < -0.39 is 0 Å². The molecule has 0 amide bonds. The molecule has 0 aromatic carbocycles. The Morgan fingerprint density at radius 2 is 2.08 bits per heavy atom. The molecule has 2 nitrogen and oxygen atoms in total. The Hall–Kier alpha value is -0.0800. The third-order valence-electron chi connectivity index (χ3n) is 4.04. The van der Waals surface area contributed by atoms with E-state index in [1.54, 1.807) is 7.11 Å². The quantitative estimate of drug-likeness (QED) is 0.707. The fraction of sp³-hybridized carbons (Fsp3) is 1.00. The third-order valence-corrected chi connectivity index (χ3v) is 4.04. The van der Waals surface area contributed by atoms with Crippen molar-refractivity contribution in [3.8, 4) is 0 Å². The zero-order valence-corrected chi connectivity index (χ0v) is 8.73. The Morgan fingerprint density at radius 3 is 2.62 bits per heavy atom. The Labute approximate surface area is 80.3 Å². The average Bonchev–Trinajstić information content (AvgIpc) is 2.76. The maximum atomic E-state index is 9.70. The summed E-state index contributed by atoms with van der Waals surface area (Å²) in [6.45, 7) is 4.19. The van der Waals surface area contributed by atoms with Crippen LogP contribution >= 0.6 is 0 Å². The van der Waals surface area contributed by atoms with E-state index in [2.05, 4.69) is 6.92 Å². The number of fused-ring (bicyclic) bond motifs is 1. The largest absolute Gasteiger partial charge is 0.393 e. The van der Waals surface area contributed by atoms with Gasteiger partial charge < -0.3 is 9.84 Å². The van der Waals surface area contributed by atoms with Crippen molar-refractivity contribution in [3.63, 3.8) is 0 Å². The first-order chi connectivity index (χ1) is 6.16. The molecule has 0 bridgehead atoms. The van der Waals surface area contributed by atoms with Crippen LogP contribution in [0.5, 0.6) is 0 Å². The van der Waals surface area contributed by atoms with Crippen molar-refractivity contribution < 1.29 is 9.84 Å². The van der Waals surface area contributed by atoms with Crippen molar-refractivity contribution in [2.24, 2.45) is 23.7 Å². The van der Waals surface area contributed by atoms with Crippen LogP contribution in [0, 0.1) is 23.7 Å². The van der Waals surface area contributed by atoms with Gasteiger partial charge in [-0.05, 0) is 43.4 Å². The molecule has 2 heteroatoms. The van der Waals surface area contributed by atoms with Crippen LogP contribution in [0.2, 0.25) is 0 Å². The number of methoxy groups -OCH3 is 1. The number of aliphatic hydroxyl groups excluding tert-OH is 1. The van der Waals surface area contributed by atoms with Gasteiger partial charge in [-0.1, -0.05) is 6.92 Å². The fourth-order valence-corrected chi connectivity index (χ4v) is 3.38. The molecular weight excluding hydrogens is 164 g/mol. The molecule has 0 radical (unpaired) electrons. The summed E-state index contributed by atoms with van der Waals surface area (Å²) in [5.74, 6) is 2.54. The van der Waals surface area contributed by atoms with Crippen LogP contribution in [-0.4, -0.2) is 24.4 Å². The van der Waals surface area contributed by atoms with Crippen molar-refractivity contribution >= 4 is 0 Å². The molecule has 2 rings (SSSR count). The van der Waals surface area contributed by atoms with Crippen LogP contribution in [-0.2, 0) is 4.74 Å². The molecule has 0 aromatic heterocycles. The molecule has 2 saturated carbocycles. The predicted molar refractivity (Wildman–Crippen MR) is 51.3 cm³/mol. The molecule has 0 heterocycles. The maximum Gasteiger partial charge on any atom is 0.0638 e. The highest BCUT2D eigenvalue weighted by molar-refractivity contribution is 5.07. The van der Waals surface area contributed by atoms with Gasteiger partial charge in [0.05, 0.1) is 12.2 Å². The summed E-state index contributed by atoms with van der Waals surface area (Å²) in [5.41, 5.74) is 0. The molecule has 0 aliphatic heterocycles. The number of rotatable bonds is 2. The van der Waals surface area contributed by atoms with Crippen molar-refractivity contribution in [1.29, 1.82) is 0 Å². The van der Waals surface area contributed by atoms with E-state index >= 15 is 0 Å². The summed E-state index contributed by atoms with van der Waals surface area (Å²) in [6, 6.07) is 0. The van der Waals surface area contributed by atoms with Crippen LogP contribution in [0.3, 0.4) is 0 Å². The minimum atomic E-state index is -0.164. The van der Waals surface area contributed by atoms with Gasteiger partial charge in [-0.25, -0.2) is 0 Å². The van der Waals surface area contributed by atoms with E-state index in [4.69, 9.17) is 4.74 Å². The van der Waals surface area contributed by atoms with Gasteiger partial charge in [0.15, 0.2) is 0 Å². The number of ether oxygens (including phenoxy) is 1. The highest BCUT2D eigenvalue weighted by Gasteiger charge is 2.58. The summed E-state index contributed by atoms with van der Waals surface area (Å²) in [7, 11) is 1.80. The van der Waals surface area contributed by atoms with E-state index in [-0.39, 0.29) is 6.10 Å². The van der Waals surface area contributed by atoms with Crippen LogP contribution in [0.4, 0.5) is 0 Å².